The number of carbonyl (C=O) groups is 1. The summed E-state index contributed by atoms with van der Waals surface area (Å²) in [5.41, 5.74) is 0.114. The second kappa shape index (κ2) is 7.58. The van der Waals surface area contributed by atoms with E-state index < -0.39 is 22.5 Å². The Morgan fingerprint density at radius 2 is 1.80 bits per heavy atom. The van der Waals surface area contributed by atoms with Crippen molar-refractivity contribution < 1.29 is 26.7 Å². The Morgan fingerprint density at radius 1 is 1.12 bits per heavy atom. The molecule has 0 heterocycles. The van der Waals surface area contributed by atoms with Crippen LogP contribution in [0.3, 0.4) is 0 Å². The Labute approximate surface area is 144 Å². The molecule has 0 saturated carbocycles. The van der Waals surface area contributed by atoms with Gasteiger partial charge in [0, 0.05) is 19.7 Å². The molecule has 0 radical (unpaired) electrons. The molecular weight excluding hydrogens is 354 g/mol. The average molecular weight is 370 g/mol. The number of hydrogen-bond donors (Lipinski definition) is 1. The molecule has 0 aliphatic heterocycles. The first-order valence-electron chi connectivity index (χ1n) is 7.09. The third-order valence-electron chi connectivity index (χ3n) is 3.23. The van der Waals surface area contributed by atoms with E-state index in [0.29, 0.717) is 0 Å². The van der Waals surface area contributed by atoms with E-state index in [1.54, 1.807) is 6.07 Å². The lowest BCUT2D eigenvalue weighted by molar-refractivity contribution is -0.0493. The number of para-hydroxylation sites is 2. The monoisotopic (exact) mass is 370 g/mol. The smallest absolute Gasteiger partial charge is 0.387 e. The second-order valence-corrected chi connectivity index (χ2v) is 7.30. The molecule has 2 rings (SSSR count). The van der Waals surface area contributed by atoms with Crippen molar-refractivity contribution in [1.29, 1.82) is 0 Å². The van der Waals surface area contributed by atoms with Gasteiger partial charge in [0.15, 0.2) is 0 Å². The largest absolute Gasteiger partial charge is 0.433 e. The quantitative estimate of drug-likeness (QED) is 0.848. The van der Waals surface area contributed by atoms with Crippen LogP contribution in [0, 0.1) is 0 Å². The summed E-state index contributed by atoms with van der Waals surface area (Å²) in [6, 6.07) is 11.1. The zero-order valence-corrected chi connectivity index (χ0v) is 14.3. The molecule has 0 saturated heterocycles. The van der Waals surface area contributed by atoms with Crippen molar-refractivity contribution in [3.05, 3.63) is 54.1 Å². The Morgan fingerprint density at radius 3 is 2.44 bits per heavy atom. The van der Waals surface area contributed by atoms with Gasteiger partial charge in [0.25, 0.3) is 5.91 Å². The topological polar surface area (TPSA) is 75.7 Å². The van der Waals surface area contributed by atoms with E-state index in [-0.39, 0.29) is 21.9 Å². The first-order chi connectivity index (χ1) is 11.7. The summed E-state index contributed by atoms with van der Waals surface area (Å²) in [6.07, 6.45) is 0. The summed E-state index contributed by atoms with van der Waals surface area (Å²) in [6.45, 7) is -3.04. The average Bonchev–Trinajstić information content (AvgIpc) is 2.56. The van der Waals surface area contributed by atoms with Gasteiger partial charge in [-0.05, 0) is 30.3 Å². The number of halogens is 2. The molecule has 1 amide bonds. The lowest BCUT2D eigenvalue weighted by Gasteiger charge is -2.13. The van der Waals surface area contributed by atoms with E-state index in [9.17, 15) is 22.0 Å². The van der Waals surface area contributed by atoms with Gasteiger partial charge >= 0.3 is 6.61 Å². The highest BCUT2D eigenvalue weighted by atomic mass is 32.2. The molecule has 0 fully saturated rings. The van der Waals surface area contributed by atoms with Crippen LogP contribution in [0.1, 0.15) is 10.4 Å². The number of nitrogens with zero attached hydrogens (tertiary/aromatic N) is 1. The van der Waals surface area contributed by atoms with Crippen molar-refractivity contribution in [2.45, 2.75) is 11.5 Å². The molecule has 0 atom stereocenters. The van der Waals surface area contributed by atoms with Gasteiger partial charge in [-0.1, -0.05) is 18.2 Å². The van der Waals surface area contributed by atoms with Crippen LogP contribution < -0.4 is 10.1 Å². The Bertz CT molecular complexity index is 870. The Hall–Kier alpha value is -2.52. The fraction of sp³-hybridized carbons (Fsp3) is 0.188. The van der Waals surface area contributed by atoms with E-state index in [2.05, 4.69) is 10.1 Å². The van der Waals surface area contributed by atoms with E-state index in [1.165, 1.54) is 56.6 Å². The van der Waals surface area contributed by atoms with Crippen molar-refractivity contribution in [2.24, 2.45) is 0 Å². The number of amides is 1. The fourth-order valence-electron chi connectivity index (χ4n) is 1.97. The Kier molecular flexibility index (Phi) is 5.70. The third-order valence-corrected chi connectivity index (χ3v) is 5.04. The summed E-state index contributed by atoms with van der Waals surface area (Å²) in [4.78, 5) is 12.3. The fourth-order valence-corrected chi connectivity index (χ4v) is 2.92. The van der Waals surface area contributed by atoms with Crippen LogP contribution in [-0.2, 0) is 10.0 Å². The van der Waals surface area contributed by atoms with E-state index in [4.69, 9.17) is 0 Å². The maximum absolute atomic E-state index is 12.4. The molecule has 0 aromatic heterocycles. The minimum absolute atomic E-state index is 0.0497. The van der Waals surface area contributed by atoms with Crippen LogP contribution in [0.25, 0.3) is 0 Å². The zero-order valence-electron chi connectivity index (χ0n) is 13.4. The molecule has 25 heavy (non-hydrogen) atoms. The van der Waals surface area contributed by atoms with Crippen LogP contribution in [0.15, 0.2) is 53.4 Å². The summed E-state index contributed by atoms with van der Waals surface area (Å²) < 4.78 is 54.5. The lowest BCUT2D eigenvalue weighted by Crippen LogP contribution is -2.22. The van der Waals surface area contributed by atoms with Crippen molar-refractivity contribution in [1.82, 2.24) is 4.31 Å². The van der Waals surface area contributed by atoms with Gasteiger partial charge in [-0.2, -0.15) is 8.78 Å². The van der Waals surface area contributed by atoms with Crippen molar-refractivity contribution in [3.8, 4) is 5.75 Å². The summed E-state index contributed by atoms with van der Waals surface area (Å²) >= 11 is 0. The summed E-state index contributed by atoms with van der Waals surface area (Å²) in [5, 5.41) is 2.43. The number of carbonyl (C=O) groups excluding carboxylic acids is 1. The van der Waals surface area contributed by atoms with Gasteiger partial charge in [-0.25, -0.2) is 12.7 Å². The number of sulfonamides is 1. The number of alkyl halides is 2. The summed E-state index contributed by atoms with van der Waals surface area (Å²) in [7, 11) is -0.950. The highest BCUT2D eigenvalue weighted by molar-refractivity contribution is 7.89. The molecule has 0 bridgehead atoms. The van der Waals surface area contributed by atoms with Gasteiger partial charge in [0.2, 0.25) is 10.0 Å². The number of benzene rings is 2. The Balaban J connectivity index is 2.29. The van der Waals surface area contributed by atoms with Crippen molar-refractivity contribution in [2.75, 3.05) is 19.4 Å². The summed E-state index contributed by atoms with van der Waals surface area (Å²) in [5.74, 6) is -0.843. The number of ether oxygens (including phenoxy) is 1. The molecule has 134 valence electrons. The normalized spacial score (nSPS) is 11.6. The molecule has 2 aromatic rings. The van der Waals surface area contributed by atoms with E-state index in [1.807, 2.05) is 0 Å². The molecule has 0 aliphatic rings. The van der Waals surface area contributed by atoms with Gasteiger partial charge in [0.1, 0.15) is 5.75 Å². The van der Waals surface area contributed by atoms with Gasteiger partial charge in [-0.3, -0.25) is 4.79 Å². The predicted octanol–water partition coefficient (Wildman–Crippen LogP) is 2.79. The highest BCUT2D eigenvalue weighted by Crippen LogP contribution is 2.26. The first-order valence-corrected chi connectivity index (χ1v) is 8.53. The van der Waals surface area contributed by atoms with Crippen LogP contribution in [0.2, 0.25) is 0 Å². The van der Waals surface area contributed by atoms with Crippen LogP contribution >= 0.6 is 0 Å². The predicted molar refractivity (Wildman–Crippen MR) is 88.3 cm³/mol. The van der Waals surface area contributed by atoms with Gasteiger partial charge in [-0.15, -0.1) is 0 Å². The van der Waals surface area contributed by atoms with E-state index >= 15 is 0 Å². The van der Waals surface area contributed by atoms with Gasteiger partial charge in [0.05, 0.1) is 10.6 Å². The molecule has 0 unspecified atom stereocenters. The molecule has 2 aromatic carbocycles. The molecular formula is C16H16F2N2O4S. The zero-order chi connectivity index (χ0) is 18.6. The second-order valence-electron chi connectivity index (χ2n) is 5.14. The number of hydrogen-bond acceptors (Lipinski definition) is 4. The SMILES string of the molecule is CN(C)S(=O)(=O)c1cccc(C(=O)Nc2ccccc2OC(F)F)c1. The van der Waals surface area contributed by atoms with Crippen molar-refractivity contribution >= 4 is 21.6 Å². The molecule has 0 spiro atoms. The number of anilines is 1. The first kappa shape index (κ1) is 18.8. The molecule has 9 heteroatoms. The van der Waals surface area contributed by atoms with Crippen LogP contribution in [0.4, 0.5) is 14.5 Å². The van der Waals surface area contributed by atoms with Crippen LogP contribution in [-0.4, -0.2) is 39.3 Å². The number of nitrogens with one attached hydrogen (secondary N) is 1. The van der Waals surface area contributed by atoms with Crippen LogP contribution in [0.5, 0.6) is 5.75 Å². The van der Waals surface area contributed by atoms with Gasteiger partial charge < -0.3 is 10.1 Å². The minimum Gasteiger partial charge on any atom is -0.433 e. The highest BCUT2D eigenvalue weighted by Gasteiger charge is 2.19. The number of rotatable bonds is 6. The maximum atomic E-state index is 12.4. The molecule has 0 aliphatic carbocycles. The molecule has 1 N–H and O–H groups in total. The standard InChI is InChI=1S/C16H16F2N2O4S/c1-20(2)25(22,23)12-7-5-6-11(10-12)15(21)19-13-8-3-4-9-14(13)24-16(17)18/h3-10,16H,1-2H3,(H,19,21). The van der Waals surface area contributed by atoms with E-state index in [0.717, 1.165) is 4.31 Å². The lowest BCUT2D eigenvalue weighted by atomic mass is 10.2. The minimum atomic E-state index is -3.70. The molecule has 6 nitrogen and oxygen atoms in total. The third kappa shape index (κ3) is 4.52. The van der Waals surface area contributed by atoms with Crippen molar-refractivity contribution in [3.63, 3.8) is 0 Å². The maximum Gasteiger partial charge on any atom is 0.387 e.